The van der Waals surface area contributed by atoms with Crippen LogP contribution in [0.15, 0.2) is 47.4 Å². The Morgan fingerprint density at radius 2 is 1.92 bits per heavy atom. The molecule has 0 saturated carbocycles. The van der Waals surface area contributed by atoms with Crippen molar-refractivity contribution in [2.75, 3.05) is 11.1 Å². The quantitative estimate of drug-likeness (QED) is 0.649. The molecule has 0 aliphatic heterocycles. The van der Waals surface area contributed by atoms with Gasteiger partial charge in [0.1, 0.15) is 5.00 Å². The first-order chi connectivity index (χ1) is 12.6. The second kappa shape index (κ2) is 7.13. The van der Waals surface area contributed by atoms with Crippen LogP contribution < -0.4 is 11.1 Å². The third-order valence-electron chi connectivity index (χ3n) is 4.51. The van der Waals surface area contributed by atoms with Crippen molar-refractivity contribution in [1.82, 2.24) is 0 Å². The molecule has 2 amide bonds. The number of hydrogen-bond donors (Lipinski definition) is 2. The van der Waals surface area contributed by atoms with Crippen LogP contribution in [0.3, 0.4) is 0 Å². The second-order valence-electron chi connectivity index (χ2n) is 6.27. The maximum absolute atomic E-state index is 12.4. The monoisotopic (exact) mass is 382 g/mol. The Labute approximate surface area is 159 Å². The van der Waals surface area contributed by atoms with E-state index in [1.54, 1.807) is 0 Å². The third kappa shape index (κ3) is 3.34. The summed E-state index contributed by atoms with van der Waals surface area (Å²) in [4.78, 5) is 26.4. The average molecular weight is 383 g/mol. The Morgan fingerprint density at radius 1 is 1.12 bits per heavy atom. The Morgan fingerprint density at radius 3 is 2.73 bits per heavy atom. The molecule has 6 heteroatoms. The fourth-order valence-electron chi connectivity index (χ4n) is 3.32. The van der Waals surface area contributed by atoms with Crippen LogP contribution in [-0.2, 0) is 17.6 Å². The molecule has 0 radical (unpaired) electrons. The molecular formula is C20H18N2O2S2. The average Bonchev–Trinajstić information content (AvgIpc) is 3.20. The zero-order chi connectivity index (χ0) is 18.1. The fourth-order valence-corrected chi connectivity index (χ4v) is 5.38. The van der Waals surface area contributed by atoms with Gasteiger partial charge in [0.2, 0.25) is 5.91 Å². The highest BCUT2D eigenvalue weighted by atomic mass is 32.2. The minimum Gasteiger partial charge on any atom is -0.365 e. The Kier molecular flexibility index (Phi) is 4.70. The van der Waals surface area contributed by atoms with E-state index in [0.717, 1.165) is 35.1 Å². The van der Waals surface area contributed by atoms with E-state index in [0.29, 0.717) is 16.3 Å². The summed E-state index contributed by atoms with van der Waals surface area (Å²) in [6, 6.07) is 14.3. The number of carbonyl (C=O) groups excluding carboxylic acids is 2. The van der Waals surface area contributed by atoms with Crippen LogP contribution in [0.2, 0.25) is 0 Å². The van der Waals surface area contributed by atoms with Crippen molar-refractivity contribution in [1.29, 1.82) is 0 Å². The van der Waals surface area contributed by atoms with Gasteiger partial charge in [-0.25, -0.2) is 0 Å². The van der Waals surface area contributed by atoms with Gasteiger partial charge in [-0.2, -0.15) is 0 Å². The summed E-state index contributed by atoms with van der Waals surface area (Å²) in [5.41, 5.74) is 7.07. The van der Waals surface area contributed by atoms with Crippen LogP contribution in [0.5, 0.6) is 0 Å². The van der Waals surface area contributed by atoms with E-state index in [4.69, 9.17) is 5.73 Å². The van der Waals surface area contributed by atoms with Gasteiger partial charge < -0.3 is 11.1 Å². The van der Waals surface area contributed by atoms with Crippen LogP contribution in [0.4, 0.5) is 5.00 Å². The maximum atomic E-state index is 12.4. The van der Waals surface area contributed by atoms with Crippen LogP contribution in [0.25, 0.3) is 10.8 Å². The number of thiophene rings is 1. The number of rotatable bonds is 5. The molecule has 1 aliphatic rings. The van der Waals surface area contributed by atoms with Gasteiger partial charge in [0, 0.05) is 9.77 Å². The predicted octanol–water partition coefficient (Wildman–Crippen LogP) is 4.22. The molecule has 26 heavy (non-hydrogen) atoms. The number of carbonyl (C=O) groups is 2. The van der Waals surface area contributed by atoms with E-state index in [-0.39, 0.29) is 5.91 Å². The van der Waals surface area contributed by atoms with Gasteiger partial charge in [0.25, 0.3) is 5.91 Å². The number of thioether (sulfide) groups is 1. The van der Waals surface area contributed by atoms with Gasteiger partial charge >= 0.3 is 0 Å². The Balaban J connectivity index is 1.45. The van der Waals surface area contributed by atoms with Gasteiger partial charge in [0.15, 0.2) is 0 Å². The zero-order valence-electron chi connectivity index (χ0n) is 14.1. The van der Waals surface area contributed by atoms with Crippen LogP contribution in [0, 0.1) is 0 Å². The Hall–Kier alpha value is -2.31. The van der Waals surface area contributed by atoms with E-state index < -0.39 is 5.91 Å². The Bertz CT molecular complexity index is 1010. The first-order valence-electron chi connectivity index (χ1n) is 8.47. The van der Waals surface area contributed by atoms with Crippen molar-refractivity contribution in [3.8, 4) is 0 Å². The number of anilines is 1. The molecule has 3 aromatic rings. The molecule has 0 bridgehead atoms. The largest absolute Gasteiger partial charge is 0.365 e. The van der Waals surface area contributed by atoms with E-state index >= 15 is 0 Å². The molecule has 0 unspecified atom stereocenters. The summed E-state index contributed by atoms with van der Waals surface area (Å²) in [5, 5.41) is 5.83. The summed E-state index contributed by atoms with van der Waals surface area (Å²) in [6.07, 6.45) is 2.88. The summed E-state index contributed by atoms with van der Waals surface area (Å²) < 4.78 is 0. The normalized spacial score (nSPS) is 12.9. The van der Waals surface area contributed by atoms with Gasteiger partial charge in [-0.15, -0.1) is 23.1 Å². The number of hydrogen-bond acceptors (Lipinski definition) is 4. The highest BCUT2D eigenvalue weighted by Crippen LogP contribution is 2.39. The first kappa shape index (κ1) is 17.1. The first-order valence-corrected chi connectivity index (χ1v) is 10.3. The van der Waals surface area contributed by atoms with E-state index in [9.17, 15) is 9.59 Å². The van der Waals surface area contributed by atoms with Gasteiger partial charge in [-0.05, 0) is 47.7 Å². The van der Waals surface area contributed by atoms with Crippen LogP contribution in [-0.4, -0.2) is 17.6 Å². The van der Waals surface area contributed by atoms with E-state index in [1.807, 2.05) is 18.2 Å². The highest BCUT2D eigenvalue weighted by molar-refractivity contribution is 8.00. The second-order valence-corrected chi connectivity index (χ2v) is 8.43. The van der Waals surface area contributed by atoms with Gasteiger partial charge in [-0.3, -0.25) is 9.59 Å². The standard InChI is InChI=1S/C20H18N2O2S2/c21-19(24)18-15-6-3-7-16(15)26-20(18)22-17(23)11-25-14-9-8-12-4-1-2-5-13(12)10-14/h1-2,4-5,8-10H,3,6-7,11H2,(H2,21,24)(H,22,23). The predicted molar refractivity (Wildman–Crippen MR) is 108 cm³/mol. The minimum atomic E-state index is -0.457. The van der Waals surface area contributed by atoms with Crippen molar-refractivity contribution in [3.63, 3.8) is 0 Å². The number of benzene rings is 2. The topological polar surface area (TPSA) is 72.2 Å². The van der Waals surface area contributed by atoms with Crippen molar-refractivity contribution in [3.05, 3.63) is 58.5 Å². The highest BCUT2D eigenvalue weighted by Gasteiger charge is 2.26. The number of aryl methyl sites for hydroxylation is 1. The van der Waals surface area contributed by atoms with E-state index in [2.05, 4.69) is 29.6 Å². The molecule has 0 atom stereocenters. The minimum absolute atomic E-state index is 0.120. The molecule has 0 saturated heterocycles. The molecule has 1 heterocycles. The lowest BCUT2D eigenvalue weighted by Gasteiger charge is -2.07. The third-order valence-corrected chi connectivity index (χ3v) is 6.71. The van der Waals surface area contributed by atoms with Crippen LogP contribution >= 0.6 is 23.1 Å². The number of primary amides is 1. The summed E-state index contributed by atoms with van der Waals surface area (Å²) >= 11 is 2.97. The molecule has 4 nitrogen and oxygen atoms in total. The number of nitrogens with one attached hydrogen (secondary N) is 1. The molecule has 132 valence electrons. The number of nitrogens with two attached hydrogens (primary N) is 1. The molecular weight excluding hydrogens is 364 g/mol. The lowest BCUT2D eigenvalue weighted by molar-refractivity contribution is -0.113. The van der Waals surface area contributed by atoms with Crippen LogP contribution in [0.1, 0.15) is 27.2 Å². The molecule has 4 rings (SSSR count). The lowest BCUT2D eigenvalue weighted by Crippen LogP contribution is -2.18. The van der Waals surface area contributed by atoms with Crippen molar-refractivity contribution in [2.24, 2.45) is 5.73 Å². The number of amides is 2. The molecule has 1 aromatic heterocycles. The SMILES string of the molecule is NC(=O)c1c(NC(=O)CSc2ccc3ccccc3c2)sc2c1CCC2. The summed E-state index contributed by atoms with van der Waals surface area (Å²) in [6.45, 7) is 0. The summed E-state index contributed by atoms with van der Waals surface area (Å²) in [7, 11) is 0. The van der Waals surface area contributed by atoms with Crippen molar-refractivity contribution < 1.29 is 9.59 Å². The molecule has 0 fully saturated rings. The lowest BCUT2D eigenvalue weighted by atomic mass is 10.1. The van der Waals surface area contributed by atoms with Gasteiger partial charge in [0.05, 0.1) is 11.3 Å². The molecule has 2 aromatic carbocycles. The fraction of sp³-hybridized carbons (Fsp3) is 0.200. The smallest absolute Gasteiger partial charge is 0.251 e. The maximum Gasteiger partial charge on any atom is 0.251 e. The number of fused-ring (bicyclic) bond motifs is 2. The summed E-state index contributed by atoms with van der Waals surface area (Å²) in [5.74, 6) is -0.286. The molecule has 0 spiro atoms. The van der Waals surface area contributed by atoms with Crippen molar-refractivity contribution >= 4 is 50.7 Å². The van der Waals surface area contributed by atoms with E-state index in [1.165, 1.54) is 33.4 Å². The zero-order valence-corrected chi connectivity index (χ0v) is 15.7. The van der Waals surface area contributed by atoms with Crippen molar-refractivity contribution in [2.45, 2.75) is 24.2 Å². The molecule has 3 N–H and O–H groups in total. The van der Waals surface area contributed by atoms with Gasteiger partial charge in [-0.1, -0.05) is 30.3 Å². The molecule has 1 aliphatic carbocycles.